The molecular weight excluding hydrogens is 275 g/mol. The van der Waals surface area contributed by atoms with Gasteiger partial charge in [-0.3, -0.25) is 0 Å². The fourth-order valence-electron chi connectivity index (χ4n) is 2.88. The minimum absolute atomic E-state index is 0.0916. The molecule has 3 unspecified atom stereocenters. The molecule has 104 valence electrons. The van der Waals surface area contributed by atoms with Gasteiger partial charge in [-0.15, -0.1) is 0 Å². The van der Waals surface area contributed by atoms with Crippen LogP contribution in [0.3, 0.4) is 0 Å². The highest BCUT2D eigenvalue weighted by Gasteiger charge is 2.41. The fourth-order valence-corrected chi connectivity index (χ4v) is 6.58. The van der Waals surface area contributed by atoms with Crippen LogP contribution in [0, 0.1) is 0 Å². The Morgan fingerprint density at radius 2 is 1.89 bits per heavy atom. The average molecular weight is 296 g/mol. The summed E-state index contributed by atoms with van der Waals surface area (Å²) in [5.74, 6) is 0. The number of nitrogens with zero attached hydrogens (tertiary/aromatic N) is 1. The Morgan fingerprint density at radius 3 is 2.58 bits per heavy atom. The second kappa shape index (κ2) is 5.63. The summed E-state index contributed by atoms with van der Waals surface area (Å²) in [6.07, 6.45) is 3.90. The number of piperidine rings is 1. The van der Waals surface area contributed by atoms with Gasteiger partial charge >= 0.3 is 0 Å². The van der Waals surface area contributed by atoms with Crippen molar-refractivity contribution in [3.8, 4) is 0 Å². The predicted molar refractivity (Wildman–Crippen MR) is 82.6 cm³/mol. The molecule has 2 heterocycles. The van der Waals surface area contributed by atoms with Crippen molar-refractivity contribution < 1.29 is 4.52 Å². The van der Waals surface area contributed by atoms with Crippen molar-refractivity contribution in [1.82, 2.24) is 9.76 Å². The second-order valence-corrected chi connectivity index (χ2v) is 8.95. The maximum absolute atomic E-state index is 6.33. The van der Waals surface area contributed by atoms with Crippen molar-refractivity contribution in [2.75, 3.05) is 13.1 Å². The van der Waals surface area contributed by atoms with Crippen LogP contribution >= 0.6 is 6.57 Å². The van der Waals surface area contributed by atoms with Gasteiger partial charge in [-0.05, 0) is 37.1 Å². The van der Waals surface area contributed by atoms with Gasteiger partial charge in [0.15, 0.2) is 0 Å². The molecule has 5 heteroatoms. The van der Waals surface area contributed by atoms with E-state index in [1.165, 1.54) is 24.8 Å². The highest BCUT2D eigenvalue weighted by molar-refractivity contribution is 8.10. The third-order valence-electron chi connectivity index (χ3n) is 3.91. The first-order valence-electron chi connectivity index (χ1n) is 7.06. The van der Waals surface area contributed by atoms with Crippen LogP contribution in [0.4, 0.5) is 0 Å². The molecule has 0 spiro atoms. The van der Waals surface area contributed by atoms with Gasteiger partial charge in [0.1, 0.15) is 6.10 Å². The number of hydrogen-bond acceptors (Lipinski definition) is 2. The molecule has 0 amide bonds. The van der Waals surface area contributed by atoms with E-state index >= 15 is 0 Å². The van der Waals surface area contributed by atoms with Crippen LogP contribution in [0.5, 0.6) is 0 Å². The minimum atomic E-state index is -2.01. The van der Waals surface area contributed by atoms with Gasteiger partial charge in [0.25, 0.3) is 0 Å². The van der Waals surface area contributed by atoms with Gasteiger partial charge in [0.2, 0.25) is 6.57 Å². The lowest BCUT2D eigenvalue weighted by atomic mass is 10.0. The van der Waals surface area contributed by atoms with E-state index < -0.39 is 6.57 Å². The number of rotatable bonds is 2. The molecule has 0 aliphatic carbocycles. The average Bonchev–Trinajstić information content (AvgIpc) is 2.77. The molecule has 2 saturated heterocycles. The number of hydrogen-bond donors (Lipinski definition) is 1. The minimum Gasteiger partial charge on any atom is -0.317 e. The van der Waals surface area contributed by atoms with Crippen LogP contribution in [0.2, 0.25) is 0 Å². The molecule has 2 aliphatic heterocycles. The van der Waals surface area contributed by atoms with Gasteiger partial charge in [-0.1, -0.05) is 36.8 Å². The van der Waals surface area contributed by atoms with Gasteiger partial charge < -0.3 is 4.52 Å². The quantitative estimate of drug-likeness (QED) is 0.845. The molecule has 1 aromatic carbocycles. The maximum atomic E-state index is 6.33. The summed E-state index contributed by atoms with van der Waals surface area (Å²) in [5, 5.41) is 3.58. The molecule has 3 rings (SSSR count). The van der Waals surface area contributed by atoms with Gasteiger partial charge in [-0.25, -0.2) is 9.76 Å². The van der Waals surface area contributed by atoms with E-state index in [1.54, 1.807) is 0 Å². The van der Waals surface area contributed by atoms with E-state index in [9.17, 15) is 0 Å². The molecule has 2 aliphatic rings. The Bertz CT molecular complexity index is 476. The van der Waals surface area contributed by atoms with Crippen LogP contribution in [0.15, 0.2) is 30.3 Å². The third-order valence-corrected chi connectivity index (χ3v) is 7.57. The molecule has 1 aromatic rings. The zero-order chi connectivity index (χ0) is 13.3. The molecule has 3 atom stereocenters. The topological polar surface area (TPSA) is 24.5 Å². The standard InChI is InChI=1S/C14H21N2OPS/c1-12-14(13-8-4-2-5-9-13)17-18(19,15-12)16-10-6-3-7-11-16/h2,4-5,8-9,12,14H,3,6-7,10-11H2,1H3,(H,15,19). The molecule has 2 fully saturated rings. The number of benzene rings is 1. The first-order valence-corrected chi connectivity index (χ1v) is 9.73. The van der Waals surface area contributed by atoms with Crippen molar-refractivity contribution in [2.24, 2.45) is 0 Å². The zero-order valence-corrected chi connectivity index (χ0v) is 13.0. The third kappa shape index (κ3) is 2.79. The highest BCUT2D eigenvalue weighted by Crippen LogP contribution is 2.58. The van der Waals surface area contributed by atoms with Crippen LogP contribution in [0.1, 0.15) is 37.9 Å². The van der Waals surface area contributed by atoms with Gasteiger partial charge in [0, 0.05) is 19.1 Å². The summed E-state index contributed by atoms with van der Waals surface area (Å²) >= 11 is 5.84. The normalized spacial score (nSPS) is 36.5. The van der Waals surface area contributed by atoms with E-state index in [-0.39, 0.29) is 12.1 Å². The fraction of sp³-hybridized carbons (Fsp3) is 0.571. The molecule has 1 N–H and O–H groups in total. The Kier molecular flexibility index (Phi) is 4.06. The van der Waals surface area contributed by atoms with Crippen LogP contribution in [-0.2, 0) is 16.3 Å². The Balaban J connectivity index is 1.79. The largest absolute Gasteiger partial charge is 0.317 e. The lowest BCUT2D eigenvalue weighted by Crippen LogP contribution is -2.31. The summed E-state index contributed by atoms with van der Waals surface area (Å²) in [6, 6.07) is 10.7. The predicted octanol–water partition coefficient (Wildman–Crippen LogP) is 3.45. The molecule has 0 radical (unpaired) electrons. The summed E-state index contributed by atoms with van der Waals surface area (Å²) in [6.45, 7) is 2.33. The summed E-state index contributed by atoms with van der Waals surface area (Å²) < 4.78 is 8.71. The summed E-state index contributed by atoms with van der Waals surface area (Å²) in [7, 11) is 0. The molecule has 0 aromatic heterocycles. The lowest BCUT2D eigenvalue weighted by molar-refractivity contribution is 0.215. The van der Waals surface area contributed by atoms with Crippen molar-refractivity contribution in [1.29, 1.82) is 0 Å². The van der Waals surface area contributed by atoms with Crippen LogP contribution in [-0.4, -0.2) is 23.8 Å². The molecule has 0 bridgehead atoms. The summed E-state index contributed by atoms with van der Waals surface area (Å²) in [4.78, 5) is 0. The molecule has 0 saturated carbocycles. The SMILES string of the molecule is CC1NP(=S)(N2CCCCC2)OC1c1ccccc1. The maximum Gasteiger partial charge on any atom is 0.201 e. The van der Waals surface area contributed by atoms with Crippen molar-refractivity contribution in [3.05, 3.63) is 35.9 Å². The monoisotopic (exact) mass is 296 g/mol. The Morgan fingerprint density at radius 1 is 1.21 bits per heavy atom. The van der Waals surface area contributed by atoms with Crippen molar-refractivity contribution in [3.63, 3.8) is 0 Å². The van der Waals surface area contributed by atoms with Crippen molar-refractivity contribution in [2.45, 2.75) is 38.3 Å². The van der Waals surface area contributed by atoms with Crippen LogP contribution < -0.4 is 5.09 Å². The first kappa shape index (κ1) is 13.7. The molecule has 19 heavy (non-hydrogen) atoms. The Hall–Kier alpha value is -0.250. The first-order chi connectivity index (χ1) is 9.19. The Labute approximate surface area is 120 Å². The second-order valence-electron chi connectivity index (χ2n) is 5.39. The zero-order valence-electron chi connectivity index (χ0n) is 11.3. The van der Waals surface area contributed by atoms with Crippen molar-refractivity contribution >= 4 is 18.4 Å². The van der Waals surface area contributed by atoms with E-state index in [2.05, 4.69) is 40.9 Å². The van der Waals surface area contributed by atoms with Gasteiger partial charge in [-0.2, -0.15) is 0 Å². The highest BCUT2D eigenvalue weighted by atomic mass is 32.5. The van der Waals surface area contributed by atoms with E-state index in [4.69, 9.17) is 16.3 Å². The number of nitrogens with one attached hydrogen (secondary N) is 1. The van der Waals surface area contributed by atoms with E-state index in [0.717, 1.165) is 13.1 Å². The van der Waals surface area contributed by atoms with Crippen LogP contribution in [0.25, 0.3) is 0 Å². The lowest BCUT2D eigenvalue weighted by Gasteiger charge is -2.33. The molecule has 3 nitrogen and oxygen atoms in total. The summed E-state index contributed by atoms with van der Waals surface area (Å²) in [5.41, 5.74) is 1.23. The molecular formula is C14H21N2OPS. The van der Waals surface area contributed by atoms with E-state index in [1.807, 2.05) is 6.07 Å². The van der Waals surface area contributed by atoms with E-state index in [0.29, 0.717) is 0 Å². The smallest absolute Gasteiger partial charge is 0.201 e. The van der Waals surface area contributed by atoms with Gasteiger partial charge in [0.05, 0.1) is 0 Å².